The Morgan fingerprint density at radius 2 is 1.87 bits per heavy atom. The number of nitrogens with zero attached hydrogens (tertiary/aromatic N) is 3. The number of rotatable bonds is 6. The first-order valence-corrected chi connectivity index (χ1v) is 9.45. The van der Waals surface area contributed by atoms with Crippen LogP contribution in [0.15, 0.2) is 54.9 Å². The molecule has 4 rings (SSSR count). The summed E-state index contributed by atoms with van der Waals surface area (Å²) in [6, 6.07) is 14.3. The van der Waals surface area contributed by atoms with E-state index in [1.807, 2.05) is 38.1 Å². The number of aryl methyl sites for hydroxylation is 2. The van der Waals surface area contributed by atoms with Crippen LogP contribution in [0.2, 0.25) is 0 Å². The Morgan fingerprint density at radius 3 is 2.63 bits per heavy atom. The van der Waals surface area contributed by atoms with Crippen LogP contribution in [0.3, 0.4) is 0 Å². The molecule has 7 heteroatoms. The summed E-state index contributed by atoms with van der Waals surface area (Å²) in [5.41, 5.74) is 3.57. The highest BCUT2D eigenvalue weighted by Gasteiger charge is 2.13. The van der Waals surface area contributed by atoms with Crippen LogP contribution in [-0.2, 0) is 6.61 Å². The van der Waals surface area contributed by atoms with Crippen LogP contribution in [-0.4, -0.2) is 22.1 Å². The molecule has 0 saturated carbocycles. The highest BCUT2D eigenvalue weighted by atomic mass is 19.1. The second-order valence-electron chi connectivity index (χ2n) is 6.91. The Kier molecular flexibility index (Phi) is 5.43. The molecule has 0 aliphatic rings. The molecule has 2 aromatic carbocycles. The molecule has 1 N–H and O–H groups in total. The number of aromatic nitrogens is 3. The van der Waals surface area contributed by atoms with Crippen molar-refractivity contribution in [2.75, 3.05) is 12.4 Å². The highest BCUT2D eigenvalue weighted by Crippen LogP contribution is 2.35. The molecule has 0 saturated heterocycles. The zero-order valence-electron chi connectivity index (χ0n) is 16.9. The van der Waals surface area contributed by atoms with Gasteiger partial charge in [-0.15, -0.1) is 0 Å². The zero-order chi connectivity index (χ0) is 21.1. The molecule has 2 heterocycles. The molecule has 0 radical (unpaired) electrons. The number of pyridine rings is 1. The maximum absolute atomic E-state index is 14.3. The number of halogens is 1. The van der Waals surface area contributed by atoms with Gasteiger partial charge in [0, 0.05) is 17.1 Å². The van der Waals surface area contributed by atoms with E-state index < -0.39 is 0 Å². The number of benzene rings is 2. The van der Waals surface area contributed by atoms with Crippen LogP contribution in [0.4, 0.5) is 15.9 Å². The number of fused-ring (bicyclic) bond motifs is 1. The van der Waals surface area contributed by atoms with E-state index in [1.54, 1.807) is 25.3 Å². The first-order valence-electron chi connectivity index (χ1n) is 9.45. The van der Waals surface area contributed by atoms with Gasteiger partial charge >= 0.3 is 0 Å². The molecule has 0 aliphatic carbocycles. The number of anilines is 2. The zero-order valence-corrected chi connectivity index (χ0v) is 16.9. The van der Waals surface area contributed by atoms with Gasteiger partial charge in [0.1, 0.15) is 24.6 Å². The van der Waals surface area contributed by atoms with Crippen LogP contribution >= 0.6 is 0 Å². The fraction of sp³-hybridized carbons (Fsp3) is 0.174. The van der Waals surface area contributed by atoms with Gasteiger partial charge < -0.3 is 14.8 Å². The van der Waals surface area contributed by atoms with E-state index >= 15 is 0 Å². The molecular weight excluding hydrogens is 383 g/mol. The lowest BCUT2D eigenvalue weighted by Gasteiger charge is -2.14. The first kappa shape index (κ1) is 19.6. The van der Waals surface area contributed by atoms with E-state index in [0.29, 0.717) is 40.5 Å². The number of methoxy groups -OCH3 is 1. The van der Waals surface area contributed by atoms with Crippen molar-refractivity contribution >= 4 is 22.4 Å². The Labute approximate surface area is 173 Å². The molecule has 0 aliphatic heterocycles. The number of hydrogen-bond donors (Lipinski definition) is 1. The molecule has 0 fully saturated rings. The number of ether oxygens (including phenoxy) is 2. The average Bonchev–Trinajstić information content (AvgIpc) is 2.74. The largest absolute Gasteiger partial charge is 0.493 e. The van der Waals surface area contributed by atoms with Crippen molar-refractivity contribution in [3.8, 4) is 11.5 Å². The Hall–Kier alpha value is -3.74. The van der Waals surface area contributed by atoms with Gasteiger partial charge in [0.05, 0.1) is 24.0 Å². The van der Waals surface area contributed by atoms with Gasteiger partial charge in [-0.2, -0.15) is 0 Å². The van der Waals surface area contributed by atoms with Crippen LogP contribution in [0.5, 0.6) is 11.5 Å². The van der Waals surface area contributed by atoms with Gasteiger partial charge in [0.15, 0.2) is 11.5 Å². The Balaban J connectivity index is 1.66. The SMILES string of the molecule is COc1cc2c(Nc3ccc(C)cc3F)ncnc2cc1OCc1cccc(C)n1. The molecule has 0 spiro atoms. The minimum Gasteiger partial charge on any atom is -0.493 e. The van der Waals surface area contributed by atoms with E-state index in [4.69, 9.17) is 9.47 Å². The third kappa shape index (κ3) is 4.15. The van der Waals surface area contributed by atoms with Crippen LogP contribution < -0.4 is 14.8 Å². The van der Waals surface area contributed by atoms with Gasteiger partial charge in [0.25, 0.3) is 0 Å². The molecular formula is C23H21FN4O2. The van der Waals surface area contributed by atoms with Crippen LogP contribution in [0, 0.1) is 19.7 Å². The second kappa shape index (κ2) is 8.32. The van der Waals surface area contributed by atoms with E-state index in [9.17, 15) is 4.39 Å². The molecule has 30 heavy (non-hydrogen) atoms. The summed E-state index contributed by atoms with van der Waals surface area (Å²) in [4.78, 5) is 13.1. The highest BCUT2D eigenvalue weighted by molar-refractivity contribution is 5.93. The summed E-state index contributed by atoms with van der Waals surface area (Å²) in [5, 5.41) is 3.73. The summed E-state index contributed by atoms with van der Waals surface area (Å²) in [6.45, 7) is 4.07. The van der Waals surface area contributed by atoms with Gasteiger partial charge in [0.2, 0.25) is 0 Å². The second-order valence-corrected chi connectivity index (χ2v) is 6.91. The molecule has 0 amide bonds. The normalized spacial score (nSPS) is 10.8. The minimum absolute atomic E-state index is 0.300. The average molecular weight is 404 g/mol. The smallest absolute Gasteiger partial charge is 0.163 e. The summed E-state index contributed by atoms with van der Waals surface area (Å²) in [7, 11) is 1.56. The standard InChI is InChI=1S/C23H21FN4O2/c1-14-7-8-19(18(24)9-14)28-23-17-10-21(29-3)22(11-20(17)25-13-26-23)30-12-16-6-4-5-15(2)27-16/h4-11,13H,12H2,1-3H3,(H,25,26,28). The molecule has 0 bridgehead atoms. The van der Waals surface area contributed by atoms with Gasteiger partial charge in [-0.25, -0.2) is 14.4 Å². The fourth-order valence-corrected chi connectivity index (χ4v) is 3.12. The van der Waals surface area contributed by atoms with E-state index in [0.717, 1.165) is 17.0 Å². The molecule has 152 valence electrons. The predicted molar refractivity (Wildman–Crippen MR) is 114 cm³/mol. The van der Waals surface area contributed by atoms with E-state index in [1.165, 1.54) is 12.4 Å². The van der Waals surface area contributed by atoms with E-state index in [-0.39, 0.29) is 5.82 Å². The van der Waals surface area contributed by atoms with Crippen molar-refractivity contribution in [2.24, 2.45) is 0 Å². The van der Waals surface area contributed by atoms with Crippen molar-refractivity contribution < 1.29 is 13.9 Å². The quantitative estimate of drug-likeness (QED) is 0.481. The monoisotopic (exact) mass is 404 g/mol. The topological polar surface area (TPSA) is 69.2 Å². The fourth-order valence-electron chi connectivity index (χ4n) is 3.12. The maximum Gasteiger partial charge on any atom is 0.163 e. The van der Waals surface area contributed by atoms with Gasteiger partial charge in [-0.1, -0.05) is 12.1 Å². The van der Waals surface area contributed by atoms with Crippen LogP contribution in [0.1, 0.15) is 17.0 Å². The van der Waals surface area contributed by atoms with Crippen molar-refractivity contribution in [1.29, 1.82) is 0 Å². The lowest BCUT2D eigenvalue weighted by molar-refractivity contribution is 0.281. The van der Waals surface area contributed by atoms with Crippen molar-refractivity contribution in [3.05, 3.63) is 77.6 Å². The minimum atomic E-state index is -0.348. The van der Waals surface area contributed by atoms with E-state index in [2.05, 4.69) is 20.3 Å². The molecule has 0 unspecified atom stereocenters. The molecule has 4 aromatic rings. The maximum atomic E-state index is 14.3. The molecule has 0 atom stereocenters. The number of hydrogen-bond acceptors (Lipinski definition) is 6. The lowest BCUT2D eigenvalue weighted by Crippen LogP contribution is -2.02. The number of nitrogens with one attached hydrogen (secondary N) is 1. The molecule has 6 nitrogen and oxygen atoms in total. The molecule has 2 aromatic heterocycles. The summed E-state index contributed by atoms with van der Waals surface area (Å²) in [5.74, 6) is 1.20. The summed E-state index contributed by atoms with van der Waals surface area (Å²) < 4.78 is 25.7. The van der Waals surface area contributed by atoms with Gasteiger partial charge in [-0.3, -0.25) is 4.98 Å². The van der Waals surface area contributed by atoms with Crippen molar-refractivity contribution in [1.82, 2.24) is 15.0 Å². The lowest BCUT2D eigenvalue weighted by atomic mass is 10.2. The summed E-state index contributed by atoms with van der Waals surface area (Å²) >= 11 is 0. The van der Waals surface area contributed by atoms with Gasteiger partial charge in [-0.05, 0) is 49.7 Å². The predicted octanol–water partition coefficient (Wildman–Crippen LogP) is 5.11. The third-order valence-corrected chi connectivity index (χ3v) is 4.62. The third-order valence-electron chi connectivity index (χ3n) is 4.62. The van der Waals surface area contributed by atoms with Crippen molar-refractivity contribution in [2.45, 2.75) is 20.5 Å². The van der Waals surface area contributed by atoms with Crippen LogP contribution in [0.25, 0.3) is 10.9 Å². The summed E-state index contributed by atoms with van der Waals surface area (Å²) in [6.07, 6.45) is 1.43. The Morgan fingerprint density at radius 1 is 1.00 bits per heavy atom. The first-order chi connectivity index (χ1) is 14.5. The Bertz CT molecular complexity index is 1210. The van der Waals surface area contributed by atoms with Crippen molar-refractivity contribution in [3.63, 3.8) is 0 Å².